The van der Waals surface area contributed by atoms with Crippen LogP contribution < -0.4 is 0 Å². The van der Waals surface area contributed by atoms with Crippen LogP contribution in [0.1, 0.15) is 426 Å². The van der Waals surface area contributed by atoms with Gasteiger partial charge in [-0.05, 0) is 25.7 Å². The number of esters is 4. The van der Waals surface area contributed by atoms with Gasteiger partial charge < -0.3 is 33.8 Å². The lowest BCUT2D eigenvalue weighted by Crippen LogP contribution is -2.30. The number of hydrogen-bond donors (Lipinski definition) is 3. The van der Waals surface area contributed by atoms with E-state index in [1.54, 1.807) is 0 Å². The van der Waals surface area contributed by atoms with Gasteiger partial charge in [-0.1, -0.05) is 374 Å². The Morgan fingerprint density at radius 2 is 0.408 bits per heavy atom. The standard InChI is InChI=1S/C79H154O17P2/c1-5-9-13-17-21-25-28-30-32-34-36-38-40-42-44-46-49-52-56-60-64-77(82)90-70-75(96-79(84)66-62-58-54-50-47-45-43-41-39-37-35-33-31-29-26-22-18-14-10-6-2)72-94-98(87,88)92-68-73(80)67-91-97(85,86)93-71-74(69-89-76(81)63-59-55-51-24-20-16-12-8-4)95-78(83)65-61-57-53-48-27-23-19-15-11-7-3/h73-75,80H,5-72H2,1-4H3,(H,85,86)(H,87,88)/t73-,74+,75+/m0/s1. The van der Waals surface area contributed by atoms with Crippen LogP contribution in [0.4, 0.5) is 0 Å². The summed E-state index contributed by atoms with van der Waals surface area (Å²) in [5, 5.41) is 10.6. The molecule has 0 fully saturated rings. The second-order valence-electron chi connectivity index (χ2n) is 28.5. The van der Waals surface area contributed by atoms with Gasteiger partial charge in [-0.15, -0.1) is 0 Å². The highest BCUT2D eigenvalue weighted by Crippen LogP contribution is 2.45. The Morgan fingerprint density at radius 1 is 0.245 bits per heavy atom. The number of aliphatic hydroxyl groups is 1. The lowest BCUT2D eigenvalue weighted by atomic mass is 10.0. The molecular weight excluding hydrogens is 1280 g/mol. The van der Waals surface area contributed by atoms with Crippen LogP contribution in [0.5, 0.6) is 0 Å². The molecule has 19 heteroatoms. The molecule has 98 heavy (non-hydrogen) atoms. The van der Waals surface area contributed by atoms with Crippen molar-refractivity contribution in [1.82, 2.24) is 0 Å². The van der Waals surface area contributed by atoms with Crippen LogP contribution >= 0.6 is 15.6 Å². The zero-order valence-electron chi connectivity index (χ0n) is 63.8. The van der Waals surface area contributed by atoms with Gasteiger partial charge in [-0.25, -0.2) is 9.13 Å². The van der Waals surface area contributed by atoms with Crippen molar-refractivity contribution in [3.8, 4) is 0 Å². The van der Waals surface area contributed by atoms with Gasteiger partial charge >= 0.3 is 39.5 Å². The summed E-state index contributed by atoms with van der Waals surface area (Å²) >= 11 is 0. The molecule has 0 heterocycles. The smallest absolute Gasteiger partial charge is 0.462 e. The Balaban J connectivity index is 5.15. The van der Waals surface area contributed by atoms with E-state index in [0.29, 0.717) is 25.7 Å². The fraction of sp³-hybridized carbons (Fsp3) is 0.949. The summed E-state index contributed by atoms with van der Waals surface area (Å²) < 4.78 is 68.5. The van der Waals surface area contributed by atoms with Gasteiger partial charge in [-0.3, -0.25) is 37.3 Å². The van der Waals surface area contributed by atoms with Gasteiger partial charge in [-0.2, -0.15) is 0 Å². The molecule has 0 rings (SSSR count). The first-order valence-corrected chi connectivity index (χ1v) is 44.3. The summed E-state index contributed by atoms with van der Waals surface area (Å²) in [6.07, 6.45) is 65.5. The molecule has 0 spiro atoms. The Bertz CT molecular complexity index is 1860. The molecular formula is C79H154O17P2. The maximum atomic E-state index is 13.1. The molecule has 3 N–H and O–H groups in total. The summed E-state index contributed by atoms with van der Waals surface area (Å²) in [5.74, 6) is -2.11. The Labute approximate surface area is 600 Å². The lowest BCUT2D eigenvalue weighted by molar-refractivity contribution is -0.161. The minimum absolute atomic E-state index is 0.107. The van der Waals surface area contributed by atoms with E-state index in [1.807, 2.05) is 0 Å². The fourth-order valence-corrected chi connectivity index (χ4v) is 13.9. The second-order valence-corrected chi connectivity index (χ2v) is 31.4. The van der Waals surface area contributed by atoms with Crippen molar-refractivity contribution in [2.24, 2.45) is 0 Å². The van der Waals surface area contributed by atoms with Gasteiger partial charge in [0.1, 0.15) is 19.3 Å². The predicted molar refractivity (Wildman–Crippen MR) is 400 cm³/mol. The molecule has 0 saturated carbocycles. The van der Waals surface area contributed by atoms with Gasteiger partial charge in [0.15, 0.2) is 12.2 Å². The highest BCUT2D eigenvalue weighted by Gasteiger charge is 2.30. The minimum atomic E-state index is -4.96. The Hall–Kier alpha value is -1.94. The molecule has 0 amide bonds. The zero-order valence-corrected chi connectivity index (χ0v) is 65.6. The van der Waals surface area contributed by atoms with E-state index in [2.05, 4.69) is 27.7 Å². The maximum Gasteiger partial charge on any atom is 0.472 e. The van der Waals surface area contributed by atoms with Crippen LogP contribution in [0.3, 0.4) is 0 Å². The van der Waals surface area contributed by atoms with Crippen LogP contribution in [0.15, 0.2) is 0 Å². The Kier molecular flexibility index (Phi) is 71.9. The molecule has 0 aliphatic rings. The molecule has 0 aromatic carbocycles. The van der Waals surface area contributed by atoms with Gasteiger partial charge in [0.25, 0.3) is 0 Å². The number of phosphoric ester groups is 2. The quantitative estimate of drug-likeness (QED) is 0.0222. The molecule has 2 unspecified atom stereocenters. The number of rotatable bonds is 80. The number of ether oxygens (including phenoxy) is 4. The number of carbonyl (C=O) groups excluding carboxylic acids is 4. The first-order chi connectivity index (χ1) is 47.7. The van der Waals surface area contributed by atoms with E-state index in [0.717, 1.165) is 96.3 Å². The van der Waals surface area contributed by atoms with Crippen LogP contribution in [-0.2, 0) is 65.4 Å². The average molecular weight is 1440 g/mol. The van der Waals surface area contributed by atoms with Gasteiger partial charge in [0.05, 0.1) is 26.4 Å². The van der Waals surface area contributed by atoms with Crippen LogP contribution in [0, 0.1) is 0 Å². The monoisotopic (exact) mass is 1440 g/mol. The van der Waals surface area contributed by atoms with Crippen molar-refractivity contribution < 1.29 is 80.2 Å². The molecule has 0 aromatic rings. The first-order valence-electron chi connectivity index (χ1n) is 41.3. The van der Waals surface area contributed by atoms with E-state index in [4.69, 9.17) is 37.0 Å². The molecule has 0 radical (unpaired) electrons. The number of unbranched alkanes of at least 4 members (excludes halogenated alkanes) is 54. The number of carbonyl (C=O) groups is 4. The van der Waals surface area contributed by atoms with E-state index in [1.165, 1.54) is 250 Å². The molecule has 17 nitrogen and oxygen atoms in total. The Morgan fingerprint density at radius 3 is 0.602 bits per heavy atom. The minimum Gasteiger partial charge on any atom is -0.462 e. The van der Waals surface area contributed by atoms with E-state index >= 15 is 0 Å². The van der Waals surface area contributed by atoms with Gasteiger partial charge in [0, 0.05) is 25.7 Å². The van der Waals surface area contributed by atoms with Crippen molar-refractivity contribution in [2.45, 2.75) is 444 Å². The van der Waals surface area contributed by atoms with E-state index in [9.17, 15) is 43.2 Å². The number of aliphatic hydroxyl groups excluding tert-OH is 1. The molecule has 5 atom stereocenters. The van der Waals surface area contributed by atoms with Crippen molar-refractivity contribution in [3.05, 3.63) is 0 Å². The maximum absolute atomic E-state index is 13.1. The van der Waals surface area contributed by atoms with E-state index in [-0.39, 0.29) is 25.7 Å². The van der Waals surface area contributed by atoms with Crippen LogP contribution in [-0.4, -0.2) is 96.7 Å². The molecule has 0 aromatic heterocycles. The number of phosphoric acid groups is 2. The third-order valence-corrected chi connectivity index (χ3v) is 20.5. The molecule has 0 aliphatic carbocycles. The fourth-order valence-electron chi connectivity index (χ4n) is 12.3. The first kappa shape index (κ1) is 96.1. The van der Waals surface area contributed by atoms with Crippen molar-refractivity contribution in [2.75, 3.05) is 39.6 Å². The lowest BCUT2D eigenvalue weighted by Gasteiger charge is -2.21. The second kappa shape index (κ2) is 73.4. The summed E-state index contributed by atoms with van der Waals surface area (Å²) in [4.78, 5) is 72.8. The van der Waals surface area contributed by atoms with Crippen molar-refractivity contribution >= 4 is 39.5 Å². The third kappa shape index (κ3) is 72.4. The van der Waals surface area contributed by atoms with Crippen molar-refractivity contribution in [1.29, 1.82) is 0 Å². The topological polar surface area (TPSA) is 237 Å². The zero-order chi connectivity index (χ0) is 71.8. The molecule has 0 aliphatic heterocycles. The summed E-state index contributed by atoms with van der Waals surface area (Å²) in [7, 11) is -9.91. The highest BCUT2D eigenvalue weighted by atomic mass is 31.2. The molecule has 0 bridgehead atoms. The summed E-state index contributed by atoms with van der Waals surface area (Å²) in [5.41, 5.74) is 0. The van der Waals surface area contributed by atoms with Crippen molar-refractivity contribution in [3.63, 3.8) is 0 Å². The van der Waals surface area contributed by atoms with E-state index < -0.39 is 97.5 Å². The average Bonchev–Trinajstić information content (AvgIpc) is 1.00. The van der Waals surface area contributed by atoms with Crippen LogP contribution in [0.25, 0.3) is 0 Å². The predicted octanol–water partition coefficient (Wildman–Crippen LogP) is 23.8. The van der Waals surface area contributed by atoms with Gasteiger partial charge in [0.2, 0.25) is 0 Å². The third-order valence-electron chi connectivity index (χ3n) is 18.6. The van der Waals surface area contributed by atoms with Crippen LogP contribution in [0.2, 0.25) is 0 Å². The number of hydrogen-bond acceptors (Lipinski definition) is 15. The molecule has 0 saturated heterocycles. The highest BCUT2D eigenvalue weighted by molar-refractivity contribution is 7.47. The SMILES string of the molecule is CCCCCCCCCCCCCCCCCCCCCCC(=O)OC[C@H](COP(=O)(O)OC[C@@H](O)COP(=O)(O)OC[C@@H](COC(=O)CCCCCCCCCC)OC(=O)CCCCCCCCCCCC)OC(=O)CCCCCCCCCCCCCCCCCCCCCC. The largest absolute Gasteiger partial charge is 0.472 e. The summed E-state index contributed by atoms with van der Waals surface area (Å²) in [6.45, 7) is 4.97. The molecule has 582 valence electrons. The normalized spacial score (nSPS) is 13.8. The summed E-state index contributed by atoms with van der Waals surface area (Å²) in [6, 6.07) is 0.